The largest absolute Gasteiger partial charge is 0.379 e. The highest BCUT2D eigenvalue weighted by atomic mass is 32.2. The van der Waals surface area contributed by atoms with Crippen molar-refractivity contribution < 1.29 is 13.2 Å². The molecule has 1 heterocycles. The summed E-state index contributed by atoms with van der Waals surface area (Å²) in [5.41, 5.74) is 7.49. The molecule has 0 spiro atoms. The van der Waals surface area contributed by atoms with Crippen LogP contribution in [-0.2, 0) is 20.5 Å². The van der Waals surface area contributed by atoms with E-state index in [0.717, 1.165) is 5.56 Å². The van der Waals surface area contributed by atoms with E-state index in [0.29, 0.717) is 42.8 Å². The summed E-state index contributed by atoms with van der Waals surface area (Å²) in [7, 11) is -3.61. The van der Waals surface area contributed by atoms with Gasteiger partial charge >= 0.3 is 0 Å². The maximum absolute atomic E-state index is 12.9. The molecule has 0 aliphatic carbocycles. The topological polar surface area (TPSA) is 97.3 Å². The van der Waals surface area contributed by atoms with Crippen molar-refractivity contribution in [2.24, 2.45) is 15.9 Å². The van der Waals surface area contributed by atoms with E-state index in [2.05, 4.69) is 10.2 Å². The molecule has 2 aromatic rings. The van der Waals surface area contributed by atoms with Gasteiger partial charge in [-0.2, -0.15) is 9.41 Å². The lowest BCUT2D eigenvalue weighted by atomic mass is 10.2. The van der Waals surface area contributed by atoms with Crippen LogP contribution in [0.1, 0.15) is 11.1 Å². The zero-order valence-electron chi connectivity index (χ0n) is 15.3. The molecule has 0 bridgehead atoms. The number of hydrogen-bond acceptors (Lipinski definition) is 6. The van der Waals surface area contributed by atoms with E-state index in [1.54, 1.807) is 24.3 Å². The van der Waals surface area contributed by atoms with Crippen LogP contribution in [0.5, 0.6) is 0 Å². The van der Waals surface area contributed by atoms with Gasteiger partial charge in [0.25, 0.3) is 0 Å². The van der Waals surface area contributed by atoms with Gasteiger partial charge in [-0.3, -0.25) is 0 Å². The number of hydrogen-bond donors (Lipinski definition) is 1. The van der Waals surface area contributed by atoms with Gasteiger partial charge in [-0.1, -0.05) is 60.3 Å². The minimum atomic E-state index is -3.61. The fourth-order valence-corrected chi connectivity index (χ4v) is 4.85. The molecule has 0 saturated carbocycles. The van der Waals surface area contributed by atoms with Gasteiger partial charge in [-0.05, 0) is 11.6 Å². The lowest BCUT2D eigenvalue weighted by Crippen LogP contribution is -2.40. The molecule has 1 aliphatic heterocycles. The summed E-state index contributed by atoms with van der Waals surface area (Å²) in [6.07, 6.45) is 1.42. The van der Waals surface area contributed by atoms with Crippen LogP contribution in [-0.4, -0.2) is 50.4 Å². The number of morpholine rings is 1. The smallest absolute Gasteiger partial charge is 0.243 e. The van der Waals surface area contributed by atoms with E-state index in [4.69, 9.17) is 10.5 Å². The number of ether oxygens (including phenoxy) is 1. The predicted octanol–water partition coefficient (Wildman–Crippen LogP) is 2.29. The fraction of sp³-hybridized carbons (Fsp3) is 0.263. The van der Waals surface area contributed by atoms with E-state index >= 15 is 0 Å². The monoisotopic (exact) mass is 418 g/mol. The van der Waals surface area contributed by atoms with Gasteiger partial charge in [0.15, 0.2) is 5.17 Å². The van der Waals surface area contributed by atoms with E-state index in [-0.39, 0.29) is 4.90 Å². The molecule has 148 valence electrons. The van der Waals surface area contributed by atoms with Crippen molar-refractivity contribution in [2.75, 3.05) is 26.3 Å². The highest BCUT2D eigenvalue weighted by molar-refractivity contribution is 8.13. The van der Waals surface area contributed by atoms with Crippen LogP contribution < -0.4 is 5.73 Å². The summed E-state index contributed by atoms with van der Waals surface area (Å²) in [6, 6.07) is 16.6. The molecule has 0 radical (unpaired) electrons. The normalized spacial score (nSPS) is 16.5. The highest BCUT2D eigenvalue weighted by Gasteiger charge is 2.27. The van der Waals surface area contributed by atoms with Crippen LogP contribution in [0.3, 0.4) is 0 Å². The number of sulfonamides is 1. The summed E-state index contributed by atoms with van der Waals surface area (Å²) < 4.78 is 32.5. The van der Waals surface area contributed by atoms with Gasteiger partial charge in [0.05, 0.1) is 24.3 Å². The third-order valence-electron chi connectivity index (χ3n) is 4.09. The second-order valence-electron chi connectivity index (χ2n) is 6.01. The van der Waals surface area contributed by atoms with Crippen molar-refractivity contribution >= 4 is 33.2 Å². The standard InChI is InChI=1S/C19H22N4O3S2/c20-19(27-15-16-6-2-1-3-7-16)22-21-14-17-8-4-5-9-18(17)28(24,25)23-10-12-26-13-11-23/h1-9,14H,10-13,15H2,(H2,20,22). The van der Waals surface area contributed by atoms with E-state index in [1.807, 2.05) is 30.3 Å². The molecule has 1 aliphatic rings. The van der Waals surface area contributed by atoms with Gasteiger partial charge in [-0.25, -0.2) is 8.42 Å². The van der Waals surface area contributed by atoms with Crippen LogP contribution in [0.15, 0.2) is 69.7 Å². The molecular weight excluding hydrogens is 396 g/mol. The molecule has 2 aromatic carbocycles. The van der Waals surface area contributed by atoms with Crippen molar-refractivity contribution in [3.63, 3.8) is 0 Å². The maximum atomic E-state index is 12.9. The fourth-order valence-electron chi connectivity index (χ4n) is 2.66. The van der Waals surface area contributed by atoms with E-state index in [9.17, 15) is 8.42 Å². The first-order chi connectivity index (χ1) is 13.6. The zero-order chi connectivity index (χ0) is 19.8. The van der Waals surface area contributed by atoms with Crippen molar-refractivity contribution in [3.8, 4) is 0 Å². The average Bonchev–Trinajstić information content (AvgIpc) is 2.74. The summed E-state index contributed by atoms with van der Waals surface area (Å²) in [5.74, 6) is 0.688. The molecular formula is C19H22N4O3S2. The molecule has 1 fully saturated rings. The molecule has 0 atom stereocenters. The Balaban J connectivity index is 1.70. The summed E-state index contributed by atoms with van der Waals surface area (Å²) >= 11 is 1.37. The lowest BCUT2D eigenvalue weighted by molar-refractivity contribution is 0.0730. The van der Waals surface area contributed by atoms with Crippen LogP contribution >= 0.6 is 11.8 Å². The summed E-state index contributed by atoms with van der Waals surface area (Å²) in [4.78, 5) is 0.200. The van der Waals surface area contributed by atoms with Crippen molar-refractivity contribution in [3.05, 3.63) is 65.7 Å². The van der Waals surface area contributed by atoms with Crippen LogP contribution in [0.2, 0.25) is 0 Å². The molecule has 1 saturated heterocycles. The average molecular weight is 419 g/mol. The number of nitrogens with zero attached hydrogens (tertiary/aromatic N) is 3. The molecule has 0 amide bonds. The Labute approximate surface area is 169 Å². The van der Waals surface area contributed by atoms with Gasteiger partial charge in [-0.15, -0.1) is 5.10 Å². The lowest BCUT2D eigenvalue weighted by Gasteiger charge is -2.26. The highest BCUT2D eigenvalue weighted by Crippen LogP contribution is 2.20. The molecule has 0 aromatic heterocycles. The van der Waals surface area contributed by atoms with Crippen LogP contribution in [0, 0.1) is 0 Å². The molecule has 7 nitrogen and oxygen atoms in total. The number of nitrogens with two attached hydrogens (primary N) is 1. The Morgan fingerprint density at radius 1 is 1.11 bits per heavy atom. The van der Waals surface area contributed by atoms with Gasteiger partial charge < -0.3 is 10.5 Å². The number of thioether (sulfide) groups is 1. The first-order valence-electron chi connectivity index (χ1n) is 8.77. The number of rotatable bonds is 6. The first kappa shape index (κ1) is 20.5. The van der Waals surface area contributed by atoms with Gasteiger partial charge in [0.2, 0.25) is 10.0 Å². The van der Waals surface area contributed by atoms with Gasteiger partial charge in [0.1, 0.15) is 0 Å². The predicted molar refractivity (Wildman–Crippen MR) is 113 cm³/mol. The SMILES string of the molecule is NC(=NN=Cc1ccccc1S(=O)(=O)N1CCOCC1)SCc1ccccc1. The third-order valence-corrected chi connectivity index (χ3v) is 6.92. The van der Waals surface area contributed by atoms with Crippen LogP contribution in [0.25, 0.3) is 0 Å². The molecule has 2 N–H and O–H groups in total. The van der Waals surface area contributed by atoms with Crippen molar-refractivity contribution in [1.82, 2.24) is 4.31 Å². The molecule has 9 heteroatoms. The zero-order valence-corrected chi connectivity index (χ0v) is 16.9. The Morgan fingerprint density at radius 3 is 2.54 bits per heavy atom. The van der Waals surface area contributed by atoms with Crippen molar-refractivity contribution in [1.29, 1.82) is 0 Å². The van der Waals surface area contributed by atoms with Crippen molar-refractivity contribution in [2.45, 2.75) is 10.6 Å². The maximum Gasteiger partial charge on any atom is 0.243 e. The Kier molecular flexibility index (Phi) is 7.21. The molecule has 3 rings (SSSR count). The Hall–Kier alpha value is -2.20. The number of amidine groups is 1. The Morgan fingerprint density at radius 2 is 1.79 bits per heavy atom. The Bertz CT molecular complexity index is 941. The minimum Gasteiger partial charge on any atom is -0.379 e. The third kappa shape index (κ3) is 5.41. The number of benzene rings is 2. The van der Waals surface area contributed by atoms with E-state index in [1.165, 1.54) is 22.3 Å². The van der Waals surface area contributed by atoms with E-state index < -0.39 is 10.0 Å². The summed E-state index contributed by atoms with van der Waals surface area (Å²) in [5, 5.41) is 8.26. The summed E-state index contributed by atoms with van der Waals surface area (Å²) in [6.45, 7) is 1.48. The van der Waals surface area contributed by atoms with Gasteiger partial charge in [0, 0.05) is 24.4 Å². The first-order valence-corrected chi connectivity index (χ1v) is 11.2. The van der Waals surface area contributed by atoms with Crippen LogP contribution in [0.4, 0.5) is 0 Å². The molecule has 0 unspecified atom stereocenters. The second kappa shape index (κ2) is 9.83. The quantitative estimate of drug-likeness (QED) is 0.441. The minimum absolute atomic E-state index is 0.200. The molecule has 28 heavy (non-hydrogen) atoms. The second-order valence-corrected chi connectivity index (χ2v) is 8.91.